The zero-order valence-corrected chi connectivity index (χ0v) is 26.3. The molecule has 5 rings (SSSR count). The first-order chi connectivity index (χ1) is 22.4. The van der Waals surface area contributed by atoms with Crippen LogP contribution in [0.3, 0.4) is 0 Å². The van der Waals surface area contributed by atoms with Crippen LogP contribution < -0.4 is 25.8 Å². The minimum absolute atomic E-state index is 0.0271. The van der Waals surface area contributed by atoms with Crippen molar-refractivity contribution in [2.75, 3.05) is 54.3 Å². The van der Waals surface area contributed by atoms with Crippen molar-refractivity contribution in [3.8, 4) is 5.75 Å². The van der Waals surface area contributed by atoms with Crippen molar-refractivity contribution in [3.05, 3.63) is 139 Å². The Hall–Kier alpha value is -5.47. The molecule has 0 radical (unpaired) electrons. The summed E-state index contributed by atoms with van der Waals surface area (Å²) in [6.07, 6.45) is 0.138. The van der Waals surface area contributed by atoms with Crippen molar-refractivity contribution in [3.63, 3.8) is 0 Å². The van der Waals surface area contributed by atoms with Crippen LogP contribution in [0.2, 0.25) is 0 Å². The molecular weight excluding hydrogens is 574 g/mol. The minimum Gasteiger partial charge on any atom is -0.508 e. The number of benzene rings is 5. The van der Waals surface area contributed by atoms with E-state index in [1.807, 2.05) is 60.7 Å². The van der Waals surface area contributed by atoms with E-state index >= 15 is 0 Å². The second kappa shape index (κ2) is 16.0. The van der Waals surface area contributed by atoms with Crippen LogP contribution in [-0.4, -0.2) is 51.0 Å². The predicted octanol–water partition coefficient (Wildman–Crippen LogP) is 7.15. The molecule has 0 unspecified atom stereocenters. The Balaban J connectivity index is 1.21. The fourth-order valence-electron chi connectivity index (χ4n) is 5.11. The quantitative estimate of drug-likeness (QED) is 0.0730. The molecule has 0 aliphatic heterocycles. The van der Waals surface area contributed by atoms with Gasteiger partial charge in [-0.1, -0.05) is 48.5 Å². The Morgan fingerprint density at radius 3 is 1.52 bits per heavy atom. The monoisotopic (exact) mass is 615 g/mol. The van der Waals surface area contributed by atoms with E-state index < -0.39 is 0 Å². The third-order valence-corrected chi connectivity index (χ3v) is 7.62. The van der Waals surface area contributed by atoms with Gasteiger partial charge >= 0.3 is 5.97 Å². The van der Waals surface area contributed by atoms with Crippen LogP contribution in [0, 0.1) is 0 Å². The molecule has 236 valence electrons. The van der Waals surface area contributed by atoms with Gasteiger partial charge in [-0.05, 0) is 90.5 Å². The van der Waals surface area contributed by atoms with Crippen LogP contribution in [0.1, 0.15) is 5.56 Å². The zero-order valence-electron chi connectivity index (χ0n) is 26.3. The molecule has 0 aliphatic carbocycles. The summed E-state index contributed by atoms with van der Waals surface area (Å²) in [7, 11) is 4.13. The van der Waals surface area contributed by atoms with E-state index in [1.165, 1.54) is 0 Å². The van der Waals surface area contributed by atoms with Crippen LogP contribution in [0.15, 0.2) is 133 Å². The summed E-state index contributed by atoms with van der Waals surface area (Å²) in [5.74, 6) is -0.166. The summed E-state index contributed by atoms with van der Waals surface area (Å²) < 4.78 is 5.56. The van der Waals surface area contributed by atoms with E-state index in [-0.39, 0.29) is 30.9 Å². The number of likely N-dealkylation sites (N-methyl/N-ethyl adjacent to an activating group) is 2. The Kier molecular flexibility index (Phi) is 11.1. The van der Waals surface area contributed by atoms with Gasteiger partial charge in [-0.2, -0.15) is 0 Å². The number of ether oxygens (including phenoxy) is 1. The summed E-state index contributed by atoms with van der Waals surface area (Å²) >= 11 is 0. The molecule has 0 saturated heterocycles. The zero-order chi connectivity index (χ0) is 32.1. The summed E-state index contributed by atoms with van der Waals surface area (Å²) in [6, 6.07) is 43.4. The number of nitrogens with zero attached hydrogens (tertiary/aromatic N) is 2. The SMILES string of the molecule is CN(CC(CN(C)c1ccc(Nc2ccccc2)cc1)NCOC(=O)Cc1ccc(O)cc1)c1ccc(Nc2ccccc2)cc1. The van der Waals surface area contributed by atoms with Gasteiger partial charge in [-0.15, -0.1) is 0 Å². The molecule has 5 aromatic rings. The topological polar surface area (TPSA) is 89.1 Å². The van der Waals surface area contributed by atoms with Gasteiger partial charge in [0.05, 0.1) is 6.42 Å². The van der Waals surface area contributed by atoms with Crippen LogP contribution in [0.5, 0.6) is 5.75 Å². The van der Waals surface area contributed by atoms with Gasteiger partial charge in [-0.3, -0.25) is 10.1 Å². The maximum atomic E-state index is 12.5. The van der Waals surface area contributed by atoms with Crippen LogP contribution in [-0.2, 0) is 16.0 Å². The molecule has 0 atom stereocenters. The predicted molar refractivity (Wildman–Crippen MR) is 189 cm³/mol. The van der Waals surface area contributed by atoms with Crippen LogP contribution >= 0.6 is 0 Å². The number of carbonyl (C=O) groups is 1. The van der Waals surface area contributed by atoms with E-state index in [2.05, 4.69) is 88.4 Å². The molecular formula is C38H41N5O3. The van der Waals surface area contributed by atoms with Gasteiger partial charge in [0.25, 0.3) is 0 Å². The van der Waals surface area contributed by atoms with E-state index in [0.717, 1.165) is 39.7 Å². The number of para-hydroxylation sites is 2. The Labute approximate surface area is 271 Å². The molecule has 0 amide bonds. The van der Waals surface area contributed by atoms with Crippen LogP contribution in [0.4, 0.5) is 34.1 Å². The normalized spacial score (nSPS) is 10.8. The maximum Gasteiger partial charge on any atom is 0.311 e. The molecule has 0 spiro atoms. The molecule has 4 N–H and O–H groups in total. The van der Waals surface area contributed by atoms with Crippen molar-refractivity contribution in [1.82, 2.24) is 5.32 Å². The highest BCUT2D eigenvalue weighted by Gasteiger charge is 2.16. The highest BCUT2D eigenvalue weighted by atomic mass is 16.5. The Morgan fingerprint density at radius 2 is 1.07 bits per heavy atom. The molecule has 8 nitrogen and oxygen atoms in total. The van der Waals surface area contributed by atoms with E-state index in [4.69, 9.17) is 4.74 Å². The molecule has 0 heterocycles. The van der Waals surface area contributed by atoms with Gasteiger partial charge in [0.2, 0.25) is 0 Å². The number of phenols is 1. The van der Waals surface area contributed by atoms with Crippen LogP contribution in [0.25, 0.3) is 0 Å². The second-order valence-electron chi connectivity index (χ2n) is 11.2. The average Bonchev–Trinajstić information content (AvgIpc) is 3.07. The Morgan fingerprint density at radius 1 is 0.630 bits per heavy atom. The summed E-state index contributed by atoms with van der Waals surface area (Å²) in [5.41, 5.74) is 7.06. The lowest BCUT2D eigenvalue weighted by Crippen LogP contribution is -2.47. The molecule has 46 heavy (non-hydrogen) atoms. The van der Waals surface area contributed by atoms with E-state index in [0.29, 0.717) is 13.1 Å². The summed E-state index contributed by atoms with van der Waals surface area (Å²) in [4.78, 5) is 16.9. The maximum absolute atomic E-state index is 12.5. The summed E-state index contributed by atoms with van der Waals surface area (Å²) in [5, 5.41) is 19.8. The molecule has 5 aromatic carbocycles. The number of hydrogen-bond acceptors (Lipinski definition) is 8. The molecule has 0 saturated carbocycles. The molecule has 0 bridgehead atoms. The number of esters is 1. The first-order valence-corrected chi connectivity index (χ1v) is 15.3. The standard InChI is InChI=1S/C38H41N5O3/c1-42(35-19-15-32(16-20-35)40-30-9-5-3-6-10-30)26-34(39-28-46-38(45)25-29-13-23-37(44)24-14-29)27-43(2)36-21-17-33(18-22-36)41-31-11-7-4-8-12-31/h3-24,34,39-41,44H,25-28H2,1-2H3. The number of phenolic OH excluding ortho intramolecular Hbond substituents is 1. The molecule has 0 aliphatic rings. The highest BCUT2D eigenvalue weighted by molar-refractivity contribution is 5.72. The largest absolute Gasteiger partial charge is 0.508 e. The fourth-order valence-corrected chi connectivity index (χ4v) is 5.11. The average molecular weight is 616 g/mol. The fraction of sp³-hybridized carbons (Fsp3) is 0.184. The first kappa shape index (κ1) is 31.9. The first-order valence-electron chi connectivity index (χ1n) is 15.3. The van der Waals surface area contributed by atoms with Gasteiger partial charge < -0.3 is 30.3 Å². The number of aromatic hydroxyl groups is 1. The third kappa shape index (κ3) is 9.77. The van der Waals surface area contributed by atoms with Gasteiger partial charge in [0.15, 0.2) is 0 Å². The minimum atomic E-state index is -0.332. The lowest BCUT2D eigenvalue weighted by molar-refractivity contribution is -0.143. The lowest BCUT2D eigenvalue weighted by Gasteiger charge is -2.31. The van der Waals surface area contributed by atoms with Crippen molar-refractivity contribution in [1.29, 1.82) is 0 Å². The number of anilines is 6. The molecule has 0 aromatic heterocycles. The van der Waals surface area contributed by atoms with Gasteiger partial charge in [-0.25, -0.2) is 0 Å². The van der Waals surface area contributed by atoms with Gasteiger partial charge in [0, 0.05) is 67.4 Å². The smallest absolute Gasteiger partial charge is 0.311 e. The molecule has 0 fully saturated rings. The van der Waals surface area contributed by atoms with E-state index in [9.17, 15) is 9.90 Å². The number of rotatable bonds is 15. The molecule has 8 heteroatoms. The summed E-state index contributed by atoms with van der Waals surface area (Å²) in [6.45, 7) is 1.45. The van der Waals surface area contributed by atoms with E-state index in [1.54, 1.807) is 24.3 Å². The number of hydrogen-bond donors (Lipinski definition) is 4. The van der Waals surface area contributed by atoms with Crippen molar-refractivity contribution >= 4 is 40.1 Å². The third-order valence-electron chi connectivity index (χ3n) is 7.62. The van der Waals surface area contributed by atoms with Gasteiger partial charge in [0.1, 0.15) is 12.5 Å². The van der Waals surface area contributed by atoms with Crippen molar-refractivity contribution in [2.45, 2.75) is 12.5 Å². The lowest BCUT2D eigenvalue weighted by atomic mass is 10.1. The Bertz CT molecular complexity index is 1540. The highest BCUT2D eigenvalue weighted by Crippen LogP contribution is 2.23. The second-order valence-corrected chi connectivity index (χ2v) is 11.2. The van der Waals surface area contributed by atoms with Crippen molar-refractivity contribution < 1.29 is 14.6 Å². The number of carbonyl (C=O) groups excluding carboxylic acids is 1. The number of nitrogens with one attached hydrogen (secondary N) is 3. The van der Waals surface area contributed by atoms with Crippen molar-refractivity contribution in [2.24, 2.45) is 0 Å².